The second-order valence-electron chi connectivity index (χ2n) is 3.42. The van der Waals surface area contributed by atoms with Gasteiger partial charge in [0.25, 0.3) is 0 Å². The lowest BCUT2D eigenvalue weighted by atomic mass is 10.1. The molecule has 2 aromatic heterocycles. The van der Waals surface area contributed by atoms with E-state index in [0.29, 0.717) is 5.82 Å². The molecule has 2 heterocycles. The van der Waals surface area contributed by atoms with Gasteiger partial charge in [-0.05, 0) is 5.56 Å². The van der Waals surface area contributed by atoms with Gasteiger partial charge in [0, 0.05) is 10.9 Å². The third kappa shape index (κ3) is 1.35. The molecule has 0 spiro atoms. The molecule has 3 aromatic rings. The smallest absolute Gasteiger partial charge is 0.157 e. The molecule has 0 atom stereocenters. The number of aromatic nitrogens is 2. The summed E-state index contributed by atoms with van der Waals surface area (Å²) < 4.78 is 0. The summed E-state index contributed by atoms with van der Waals surface area (Å²) in [5.41, 5.74) is 9.98. The monoisotopic (exact) mass is 226 g/mol. The van der Waals surface area contributed by atoms with E-state index in [-0.39, 0.29) is 0 Å². The van der Waals surface area contributed by atoms with Crippen molar-refractivity contribution in [2.75, 3.05) is 0 Å². The molecule has 16 heavy (non-hydrogen) atoms. The molecule has 0 amide bonds. The summed E-state index contributed by atoms with van der Waals surface area (Å²) >= 11 is 1.55. The van der Waals surface area contributed by atoms with Gasteiger partial charge in [0.1, 0.15) is 11.2 Å². The first-order valence-corrected chi connectivity index (χ1v) is 5.73. The van der Waals surface area contributed by atoms with E-state index in [9.17, 15) is 0 Å². The summed E-state index contributed by atoms with van der Waals surface area (Å²) in [5.74, 6) is 0.296. The van der Waals surface area contributed by atoms with Gasteiger partial charge in [-0.1, -0.05) is 30.3 Å². The van der Waals surface area contributed by atoms with Gasteiger partial charge in [0.15, 0.2) is 5.82 Å². The number of nitrogens with one attached hydrogen (secondary N) is 1. The molecule has 0 saturated carbocycles. The highest BCUT2D eigenvalue weighted by Crippen LogP contribution is 2.35. The third-order valence-corrected chi connectivity index (χ3v) is 3.34. The number of thiophene rings is 1. The van der Waals surface area contributed by atoms with Gasteiger partial charge in [0.2, 0.25) is 0 Å². The molecular formula is C12H8N3S. The van der Waals surface area contributed by atoms with E-state index < -0.39 is 0 Å². The molecule has 3 rings (SSSR count). The van der Waals surface area contributed by atoms with E-state index >= 15 is 0 Å². The summed E-state index contributed by atoms with van der Waals surface area (Å²) in [6.45, 7) is 0. The Hall–Kier alpha value is -1.94. The van der Waals surface area contributed by atoms with E-state index in [1.807, 2.05) is 35.7 Å². The van der Waals surface area contributed by atoms with Gasteiger partial charge in [-0.15, -0.1) is 11.3 Å². The van der Waals surface area contributed by atoms with E-state index in [4.69, 9.17) is 5.73 Å². The standard InChI is InChI=1S/C12H8N3S/c13-11-10-9(8-4-2-1-3-5-8)6-16-12(10)15-7-14-11/h1-7,13H. The maximum Gasteiger partial charge on any atom is 0.157 e. The molecule has 1 aromatic carbocycles. The highest BCUT2D eigenvalue weighted by molar-refractivity contribution is 7.17. The molecular weight excluding hydrogens is 218 g/mol. The Balaban J connectivity index is 2.33. The van der Waals surface area contributed by atoms with Crippen molar-refractivity contribution in [3.05, 3.63) is 42.0 Å². The molecule has 0 saturated heterocycles. The minimum absolute atomic E-state index is 0.296. The molecule has 4 heteroatoms. The van der Waals surface area contributed by atoms with Crippen LogP contribution in [0, 0.1) is 0 Å². The van der Waals surface area contributed by atoms with Gasteiger partial charge in [-0.2, -0.15) is 0 Å². The number of fused-ring (bicyclic) bond motifs is 1. The minimum atomic E-state index is 0.296. The van der Waals surface area contributed by atoms with Gasteiger partial charge in [-0.3, -0.25) is 5.73 Å². The Morgan fingerprint density at radius 2 is 1.88 bits per heavy atom. The lowest BCUT2D eigenvalue weighted by molar-refractivity contribution is 1.20. The topological polar surface area (TPSA) is 49.6 Å². The lowest BCUT2D eigenvalue weighted by Gasteiger charge is -1.99. The Bertz CT molecular complexity index is 631. The van der Waals surface area contributed by atoms with Crippen LogP contribution in [0.2, 0.25) is 0 Å². The highest BCUT2D eigenvalue weighted by atomic mass is 32.1. The van der Waals surface area contributed by atoms with Crippen LogP contribution in [0.3, 0.4) is 0 Å². The summed E-state index contributed by atoms with van der Waals surface area (Å²) in [5, 5.41) is 2.88. The molecule has 3 nitrogen and oxygen atoms in total. The Morgan fingerprint density at radius 1 is 1.06 bits per heavy atom. The SMILES string of the molecule is [NH]c1ncnc2scc(-c3ccccc3)c12. The third-order valence-electron chi connectivity index (χ3n) is 2.46. The molecule has 0 aliphatic rings. The summed E-state index contributed by atoms with van der Waals surface area (Å²) in [4.78, 5) is 8.98. The van der Waals surface area contributed by atoms with E-state index in [1.165, 1.54) is 6.33 Å². The first-order chi connectivity index (χ1) is 7.86. The van der Waals surface area contributed by atoms with Crippen molar-refractivity contribution in [2.24, 2.45) is 0 Å². The number of benzene rings is 1. The quantitative estimate of drug-likeness (QED) is 0.639. The van der Waals surface area contributed by atoms with Crippen LogP contribution in [-0.2, 0) is 0 Å². The van der Waals surface area contributed by atoms with Crippen molar-refractivity contribution in [3.8, 4) is 11.1 Å². The summed E-state index contributed by atoms with van der Waals surface area (Å²) in [6.07, 6.45) is 1.44. The molecule has 0 aliphatic heterocycles. The maximum atomic E-state index is 7.83. The predicted molar refractivity (Wildman–Crippen MR) is 65.6 cm³/mol. The maximum absolute atomic E-state index is 7.83. The fourth-order valence-corrected chi connectivity index (χ4v) is 2.62. The van der Waals surface area contributed by atoms with Gasteiger partial charge in [0.05, 0.1) is 5.39 Å². The van der Waals surface area contributed by atoms with Crippen LogP contribution in [0.5, 0.6) is 0 Å². The van der Waals surface area contributed by atoms with Gasteiger partial charge < -0.3 is 0 Å². The minimum Gasteiger partial charge on any atom is -0.282 e. The average molecular weight is 226 g/mol. The van der Waals surface area contributed by atoms with Crippen molar-refractivity contribution in [3.63, 3.8) is 0 Å². The van der Waals surface area contributed by atoms with Crippen LogP contribution >= 0.6 is 11.3 Å². The zero-order chi connectivity index (χ0) is 11.0. The summed E-state index contributed by atoms with van der Waals surface area (Å²) in [7, 11) is 0. The molecule has 1 N–H and O–H groups in total. The van der Waals surface area contributed by atoms with E-state index in [0.717, 1.165) is 21.3 Å². The fraction of sp³-hybridized carbons (Fsp3) is 0. The molecule has 1 radical (unpaired) electrons. The first kappa shape index (κ1) is 9.30. The average Bonchev–Trinajstić information content (AvgIpc) is 2.75. The molecule has 0 unspecified atom stereocenters. The van der Waals surface area contributed by atoms with Crippen molar-refractivity contribution in [1.29, 1.82) is 0 Å². The lowest BCUT2D eigenvalue weighted by Crippen LogP contribution is -1.83. The molecule has 0 fully saturated rings. The predicted octanol–water partition coefficient (Wildman–Crippen LogP) is 3.27. The molecule has 0 aliphatic carbocycles. The highest BCUT2D eigenvalue weighted by Gasteiger charge is 2.10. The zero-order valence-corrected chi connectivity index (χ0v) is 9.16. The van der Waals surface area contributed by atoms with Crippen LogP contribution in [0.4, 0.5) is 5.82 Å². The van der Waals surface area contributed by atoms with Gasteiger partial charge in [-0.25, -0.2) is 9.97 Å². The van der Waals surface area contributed by atoms with Crippen LogP contribution < -0.4 is 5.73 Å². The largest absolute Gasteiger partial charge is 0.282 e. The molecule has 77 valence electrons. The number of nitrogens with zero attached hydrogens (tertiary/aromatic N) is 2. The molecule has 0 bridgehead atoms. The first-order valence-electron chi connectivity index (χ1n) is 4.85. The van der Waals surface area contributed by atoms with Crippen LogP contribution in [0.25, 0.3) is 21.3 Å². The van der Waals surface area contributed by atoms with Gasteiger partial charge >= 0.3 is 0 Å². The fourth-order valence-electron chi connectivity index (χ4n) is 1.71. The van der Waals surface area contributed by atoms with Crippen molar-refractivity contribution < 1.29 is 0 Å². The van der Waals surface area contributed by atoms with E-state index in [1.54, 1.807) is 11.3 Å². The number of rotatable bonds is 1. The van der Waals surface area contributed by atoms with Crippen LogP contribution in [0.15, 0.2) is 42.0 Å². The Morgan fingerprint density at radius 3 is 2.69 bits per heavy atom. The van der Waals surface area contributed by atoms with E-state index in [2.05, 4.69) is 9.97 Å². The second-order valence-corrected chi connectivity index (χ2v) is 4.28. The Labute approximate surface area is 96.6 Å². The van der Waals surface area contributed by atoms with Crippen LogP contribution in [-0.4, -0.2) is 9.97 Å². The summed E-state index contributed by atoms with van der Waals surface area (Å²) in [6, 6.07) is 10.0. The zero-order valence-electron chi connectivity index (χ0n) is 8.34. The van der Waals surface area contributed by atoms with Crippen LogP contribution in [0.1, 0.15) is 0 Å². The number of hydrogen-bond acceptors (Lipinski definition) is 3. The number of hydrogen-bond donors (Lipinski definition) is 0. The second kappa shape index (κ2) is 3.57. The van der Waals surface area contributed by atoms with Crippen molar-refractivity contribution in [1.82, 2.24) is 15.7 Å². The normalized spacial score (nSPS) is 10.8. The van der Waals surface area contributed by atoms with Crippen molar-refractivity contribution >= 4 is 27.4 Å². The van der Waals surface area contributed by atoms with Crippen molar-refractivity contribution in [2.45, 2.75) is 0 Å². The Kier molecular flexibility index (Phi) is 2.08.